The molecule has 0 aromatic carbocycles. The van der Waals surface area contributed by atoms with Crippen LogP contribution in [0.5, 0.6) is 0 Å². The zero-order chi connectivity index (χ0) is 9.55. The van der Waals surface area contributed by atoms with Crippen molar-refractivity contribution in [3.05, 3.63) is 0 Å². The van der Waals surface area contributed by atoms with Crippen molar-refractivity contribution in [2.24, 2.45) is 34.5 Å². The van der Waals surface area contributed by atoms with Crippen LogP contribution in [-0.2, 0) is 0 Å². The van der Waals surface area contributed by atoms with Crippen LogP contribution in [0.25, 0.3) is 0 Å². The maximum atomic E-state index is 2.61. The van der Waals surface area contributed by atoms with E-state index in [1.54, 1.807) is 38.5 Å². The average molecular weight is 190 g/mol. The molecule has 6 atom stereocenters. The molecule has 0 heterocycles. The summed E-state index contributed by atoms with van der Waals surface area (Å²) in [5, 5.41) is 0. The van der Waals surface area contributed by atoms with Crippen LogP contribution < -0.4 is 0 Å². The molecule has 0 amide bonds. The highest BCUT2D eigenvalue weighted by molar-refractivity contribution is 5.17. The molecule has 4 rings (SSSR count). The molecule has 0 radical (unpaired) electrons. The lowest BCUT2D eigenvalue weighted by atomic mass is 9.62. The lowest BCUT2D eigenvalue weighted by Crippen LogP contribution is -2.36. The molecule has 0 aliphatic heterocycles. The number of fused-ring (bicyclic) bond motifs is 9. The van der Waals surface area contributed by atoms with E-state index in [0.717, 1.165) is 34.5 Å². The van der Waals surface area contributed by atoms with Gasteiger partial charge in [-0.2, -0.15) is 0 Å². The fourth-order valence-corrected chi connectivity index (χ4v) is 6.45. The maximum absolute atomic E-state index is 2.61. The molecule has 0 spiro atoms. The number of hydrogen-bond donors (Lipinski definition) is 0. The van der Waals surface area contributed by atoms with Gasteiger partial charge in [0, 0.05) is 0 Å². The van der Waals surface area contributed by atoms with Gasteiger partial charge in [0.05, 0.1) is 0 Å². The van der Waals surface area contributed by atoms with Gasteiger partial charge in [-0.1, -0.05) is 13.8 Å². The Morgan fingerprint density at radius 2 is 1.21 bits per heavy atom. The molecule has 6 unspecified atom stereocenters. The van der Waals surface area contributed by atoms with Crippen LogP contribution in [0.1, 0.15) is 52.4 Å². The van der Waals surface area contributed by atoms with Crippen LogP contribution in [0.4, 0.5) is 0 Å². The van der Waals surface area contributed by atoms with Crippen molar-refractivity contribution in [3.8, 4) is 0 Å². The smallest absolute Gasteiger partial charge is 0.0289 e. The minimum atomic E-state index is 0.790. The molecule has 4 aliphatic carbocycles. The molecule has 0 nitrogen and oxygen atoms in total. The summed E-state index contributed by atoms with van der Waals surface area (Å²) in [6.45, 7) is 5.23. The largest absolute Gasteiger partial charge is 0.0593 e. The van der Waals surface area contributed by atoms with E-state index >= 15 is 0 Å². The fraction of sp³-hybridized carbons (Fsp3) is 1.00. The van der Waals surface area contributed by atoms with E-state index in [4.69, 9.17) is 0 Å². The summed E-state index contributed by atoms with van der Waals surface area (Å²) in [4.78, 5) is 0. The number of hydrogen-bond acceptors (Lipinski definition) is 0. The highest BCUT2D eigenvalue weighted by Gasteiger charge is 2.68. The van der Waals surface area contributed by atoms with E-state index < -0.39 is 0 Å². The standard InChI is InChI=1S/C14H22/c1-13-5-3-9(7-13)12-11(13)10-4-6-14(12,2)8-10/h9-12H,3-8H2,1-2H3. The van der Waals surface area contributed by atoms with Gasteiger partial charge in [0.15, 0.2) is 0 Å². The Morgan fingerprint density at radius 3 is 1.64 bits per heavy atom. The zero-order valence-electron chi connectivity index (χ0n) is 9.55. The second-order valence-corrected chi connectivity index (χ2v) is 7.37. The van der Waals surface area contributed by atoms with Gasteiger partial charge in [0.2, 0.25) is 0 Å². The summed E-state index contributed by atoms with van der Waals surface area (Å²) in [5.74, 6) is 4.58. The van der Waals surface area contributed by atoms with E-state index in [1.165, 1.54) is 0 Å². The first-order valence-corrected chi connectivity index (χ1v) is 6.62. The summed E-state index contributed by atoms with van der Waals surface area (Å²) in [6.07, 6.45) is 9.44. The van der Waals surface area contributed by atoms with E-state index in [0.29, 0.717) is 0 Å². The minimum absolute atomic E-state index is 0.790. The molecule has 14 heavy (non-hydrogen) atoms. The molecule has 4 fully saturated rings. The first-order chi connectivity index (χ1) is 6.62. The van der Waals surface area contributed by atoms with E-state index in [9.17, 15) is 0 Å². The minimum Gasteiger partial charge on any atom is -0.0593 e. The predicted octanol–water partition coefficient (Wildman–Crippen LogP) is 3.86. The third-order valence-electron chi connectivity index (χ3n) is 6.64. The SMILES string of the molecule is CC12CCC(C1)C1C2C2CCC1(C)C2. The second-order valence-electron chi connectivity index (χ2n) is 7.37. The van der Waals surface area contributed by atoms with Crippen molar-refractivity contribution in [2.75, 3.05) is 0 Å². The van der Waals surface area contributed by atoms with Gasteiger partial charge in [0.1, 0.15) is 0 Å². The third kappa shape index (κ3) is 0.686. The monoisotopic (exact) mass is 190 g/mol. The summed E-state index contributed by atoms with van der Waals surface area (Å²) >= 11 is 0. The summed E-state index contributed by atoms with van der Waals surface area (Å²) in [6, 6.07) is 0. The van der Waals surface area contributed by atoms with E-state index in [1.807, 2.05) is 0 Å². The van der Waals surface area contributed by atoms with Crippen LogP contribution >= 0.6 is 0 Å². The normalized spacial score (nSPS) is 69.0. The van der Waals surface area contributed by atoms with Crippen molar-refractivity contribution in [1.82, 2.24) is 0 Å². The third-order valence-corrected chi connectivity index (χ3v) is 6.64. The van der Waals surface area contributed by atoms with Crippen molar-refractivity contribution in [2.45, 2.75) is 52.4 Å². The Bertz CT molecular complexity index is 264. The van der Waals surface area contributed by atoms with Gasteiger partial charge in [-0.05, 0) is 73.0 Å². The lowest BCUT2D eigenvalue weighted by Gasteiger charge is -2.43. The molecule has 0 aromatic rings. The first-order valence-electron chi connectivity index (χ1n) is 6.62. The molecule has 0 saturated heterocycles. The number of rotatable bonds is 0. The molecule has 4 aliphatic rings. The molecular formula is C14H22. The average Bonchev–Trinajstić information content (AvgIpc) is 2.78. The van der Waals surface area contributed by atoms with Crippen molar-refractivity contribution in [1.29, 1.82) is 0 Å². The topological polar surface area (TPSA) is 0 Å². The fourth-order valence-electron chi connectivity index (χ4n) is 6.45. The summed E-state index contributed by atoms with van der Waals surface area (Å²) < 4.78 is 0. The Hall–Kier alpha value is 0. The maximum Gasteiger partial charge on any atom is -0.0289 e. The molecule has 4 saturated carbocycles. The zero-order valence-corrected chi connectivity index (χ0v) is 9.55. The molecule has 4 bridgehead atoms. The van der Waals surface area contributed by atoms with Crippen LogP contribution in [0.3, 0.4) is 0 Å². The Balaban J connectivity index is 1.83. The highest BCUT2D eigenvalue weighted by Crippen LogP contribution is 2.76. The van der Waals surface area contributed by atoms with Crippen molar-refractivity contribution in [3.63, 3.8) is 0 Å². The first kappa shape index (κ1) is 8.19. The van der Waals surface area contributed by atoms with Crippen LogP contribution in [0.15, 0.2) is 0 Å². The van der Waals surface area contributed by atoms with Gasteiger partial charge < -0.3 is 0 Å². The van der Waals surface area contributed by atoms with Crippen LogP contribution in [0.2, 0.25) is 0 Å². The van der Waals surface area contributed by atoms with Crippen LogP contribution in [-0.4, -0.2) is 0 Å². The summed E-state index contributed by atoms with van der Waals surface area (Å²) in [7, 11) is 0. The second kappa shape index (κ2) is 2.08. The Morgan fingerprint density at radius 1 is 0.786 bits per heavy atom. The Labute approximate surface area is 87.5 Å². The molecule has 0 N–H and O–H groups in total. The van der Waals surface area contributed by atoms with Crippen molar-refractivity contribution < 1.29 is 0 Å². The van der Waals surface area contributed by atoms with Gasteiger partial charge in [-0.15, -0.1) is 0 Å². The van der Waals surface area contributed by atoms with Gasteiger partial charge in [-0.25, -0.2) is 0 Å². The summed E-state index contributed by atoms with van der Waals surface area (Å²) in [5.41, 5.74) is 1.58. The van der Waals surface area contributed by atoms with Gasteiger partial charge >= 0.3 is 0 Å². The van der Waals surface area contributed by atoms with Gasteiger partial charge in [-0.3, -0.25) is 0 Å². The lowest BCUT2D eigenvalue weighted by molar-refractivity contribution is 0.0537. The Kier molecular flexibility index (Phi) is 1.22. The highest BCUT2D eigenvalue weighted by atomic mass is 14.7. The van der Waals surface area contributed by atoms with E-state index in [-0.39, 0.29) is 0 Å². The van der Waals surface area contributed by atoms with Crippen molar-refractivity contribution >= 4 is 0 Å². The quantitative estimate of drug-likeness (QED) is 0.509. The van der Waals surface area contributed by atoms with Gasteiger partial charge in [0.25, 0.3) is 0 Å². The molecule has 78 valence electrons. The molecule has 0 aromatic heterocycles. The van der Waals surface area contributed by atoms with E-state index in [2.05, 4.69) is 13.8 Å². The van der Waals surface area contributed by atoms with Crippen LogP contribution in [0, 0.1) is 34.5 Å². The molecular weight excluding hydrogens is 168 g/mol. The predicted molar refractivity (Wildman–Crippen MR) is 57.9 cm³/mol. The molecule has 0 heteroatoms.